The highest BCUT2D eigenvalue weighted by Crippen LogP contribution is 2.27. The van der Waals surface area contributed by atoms with Gasteiger partial charge in [0, 0.05) is 38.1 Å². The van der Waals surface area contributed by atoms with Crippen molar-refractivity contribution in [2.75, 3.05) is 11.9 Å². The summed E-state index contributed by atoms with van der Waals surface area (Å²) in [6.45, 7) is 0.670. The van der Waals surface area contributed by atoms with Crippen LogP contribution in [0.4, 0.5) is 10.1 Å². The van der Waals surface area contributed by atoms with Crippen LogP contribution in [0.5, 0.6) is 0 Å². The lowest BCUT2D eigenvalue weighted by Crippen LogP contribution is -2.08. The van der Waals surface area contributed by atoms with Crippen molar-refractivity contribution in [1.29, 1.82) is 0 Å². The lowest BCUT2D eigenvalue weighted by Gasteiger charge is -2.08. The average Bonchev–Trinajstić information content (AvgIpc) is 2.72. The van der Waals surface area contributed by atoms with Gasteiger partial charge in [0.2, 0.25) is 0 Å². The molecule has 0 saturated carbocycles. The number of halogens is 3. The van der Waals surface area contributed by atoms with Gasteiger partial charge < -0.3 is 9.88 Å². The van der Waals surface area contributed by atoms with Crippen LogP contribution >= 0.6 is 23.2 Å². The number of aryl methyl sites for hydroxylation is 1. The van der Waals surface area contributed by atoms with Gasteiger partial charge in [-0.2, -0.15) is 0 Å². The molecule has 0 aliphatic carbocycles. The van der Waals surface area contributed by atoms with Gasteiger partial charge in [-0.05, 0) is 12.1 Å². The van der Waals surface area contributed by atoms with Crippen LogP contribution in [0, 0.1) is 5.82 Å². The Morgan fingerprint density at radius 1 is 1.33 bits per heavy atom. The van der Waals surface area contributed by atoms with Gasteiger partial charge in [-0.3, -0.25) is 0 Å². The van der Waals surface area contributed by atoms with E-state index in [0.29, 0.717) is 12.2 Å². The van der Waals surface area contributed by atoms with Crippen LogP contribution < -0.4 is 5.32 Å². The summed E-state index contributed by atoms with van der Waals surface area (Å²) in [7, 11) is 1.94. The van der Waals surface area contributed by atoms with Gasteiger partial charge in [-0.25, -0.2) is 9.37 Å². The fraction of sp³-hybridized carbons (Fsp3) is 0.250. The summed E-state index contributed by atoms with van der Waals surface area (Å²) in [4.78, 5) is 4.21. The van der Waals surface area contributed by atoms with Crippen molar-refractivity contribution in [2.24, 2.45) is 7.05 Å². The van der Waals surface area contributed by atoms with E-state index in [1.54, 1.807) is 6.20 Å². The maximum atomic E-state index is 13.2. The fourth-order valence-electron chi connectivity index (χ4n) is 1.61. The van der Waals surface area contributed by atoms with Crippen molar-refractivity contribution in [1.82, 2.24) is 9.55 Å². The summed E-state index contributed by atoms with van der Waals surface area (Å²) in [5, 5.41) is 3.16. The molecule has 0 aliphatic rings. The SMILES string of the molecule is Cn1ccnc1CCNc1cc(Cl)c(F)c(Cl)c1. The first-order valence-corrected chi connectivity index (χ1v) is 6.18. The smallest absolute Gasteiger partial charge is 0.160 e. The number of nitrogens with one attached hydrogen (secondary N) is 1. The van der Waals surface area contributed by atoms with Gasteiger partial charge in [0.1, 0.15) is 5.82 Å². The number of benzene rings is 1. The summed E-state index contributed by atoms with van der Waals surface area (Å²) in [6.07, 6.45) is 4.40. The molecule has 3 nitrogen and oxygen atoms in total. The molecule has 1 aromatic heterocycles. The van der Waals surface area contributed by atoms with E-state index in [9.17, 15) is 4.39 Å². The minimum absolute atomic E-state index is 0.0157. The Labute approximate surface area is 115 Å². The molecule has 0 aliphatic heterocycles. The van der Waals surface area contributed by atoms with Gasteiger partial charge >= 0.3 is 0 Å². The molecule has 18 heavy (non-hydrogen) atoms. The van der Waals surface area contributed by atoms with Crippen LogP contribution in [0.25, 0.3) is 0 Å². The van der Waals surface area contributed by atoms with E-state index < -0.39 is 5.82 Å². The molecule has 0 bridgehead atoms. The van der Waals surface area contributed by atoms with Gasteiger partial charge in [0.15, 0.2) is 5.82 Å². The average molecular weight is 288 g/mol. The Balaban J connectivity index is 1.97. The minimum Gasteiger partial charge on any atom is -0.385 e. The third-order valence-electron chi connectivity index (χ3n) is 2.58. The first-order valence-electron chi connectivity index (χ1n) is 5.42. The molecule has 1 N–H and O–H groups in total. The number of nitrogens with zero attached hydrogens (tertiary/aromatic N) is 2. The molecular weight excluding hydrogens is 276 g/mol. The van der Waals surface area contributed by atoms with Crippen molar-refractivity contribution in [2.45, 2.75) is 6.42 Å². The molecule has 2 rings (SSSR count). The largest absolute Gasteiger partial charge is 0.385 e. The van der Waals surface area contributed by atoms with E-state index in [4.69, 9.17) is 23.2 Å². The highest BCUT2D eigenvalue weighted by atomic mass is 35.5. The molecule has 6 heteroatoms. The van der Waals surface area contributed by atoms with Crippen LogP contribution in [0.15, 0.2) is 24.5 Å². The third-order valence-corrected chi connectivity index (χ3v) is 3.13. The normalized spacial score (nSPS) is 10.7. The molecule has 0 spiro atoms. The number of anilines is 1. The predicted octanol–water partition coefficient (Wildman–Crippen LogP) is 3.52. The van der Waals surface area contributed by atoms with Crippen LogP contribution in [0.3, 0.4) is 0 Å². The zero-order valence-electron chi connectivity index (χ0n) is 9.75. The standard InChI is InChI=1S/C12H12Cl2FN3/c1-18-5-4-17-11(18)2-3-16-8-6-9(13)12(15)10(14)7-8/h4-7,16H,2-3H2,1H3. The highest BCUT2D eigenvalue weighted by Gasteiger charge is 2.07. The van der Waals surface area contributed by atoms with Gasteiger partial charge in [0.05, 0.1) is 10.0 Å². The Hall–Kier alpha value is -1.26. The first kappa shape index (κ1) is 13.2. The van der Waals surface area contributed by atoms with Crippen LogP contribution in [0.1, 0.15) is 5.82 Å². The molecule has 0 fully saturated rings. The number of hydrogen-bond donors (Lipinski definition) is 1. The number of hydrogen-bond acceptors (Lipinski definition) is 2. The molecule has 0 atom stereocenters. The molecule has 96 valence electrons. The zero-order chi connectivity index (χ0) is 13.1. The Bertz CT molecular complexity index is 531. The summed E-state index contributed by atoms with van der Waals surface area (Å²) < 4.78 is 15.2. The molecule has 0 saturated heterocycles. The van der Waals surface area contributed by atoms with Crippen LogP contribution in [-0.2, 0) is 13.5 Å². The highest BCUT2D eigenvalue weighted by molar-refractivity contribution is 6.35. The number of rotatable bonds is 4. The lowest BCUT2D eigenvalue weighted by molar-refractivity contribution is 0.629. The second-order valence-corrected chi connectivity index (χ2v) is 4.70. The molecule has 0 unspecified atom stereocenters. The van der Waals surface area contributed by atoms with E-state index in [1.807, 2.05) is 17.8 Å². The summed E-state index contributed by atoms with van der Waals surface area (Å²) >= 11 is 11.4. The maximum absolute atomic E-state index is 13.2. The molecule has 0 amide bonds. The molecule has 1 aromatic carbocycles. The maximum Gasteiger partial charge on any atom is 0.160 e. The fourth-order valence-corrected chi connectivity index (χ4v) is 2.10. The van der Waals surface area contributed by atoms with Crippen molar-refractivity contribution < 1.29 is 4.39 Å². The Kier molecular flexibility index (Phi) is 4.09. The summed E-state index contributed by atoms with van der Waals surface area (Å²) in [5.41, 5.74) is 0.695. The second-order valence-electron chi connectivity index (χ2n) is 3.89. The van der Waals surface area contributed by atoms with Gasteiger partial charge in [0.25, 0.3) is 0 Å². The number of imidazole rings is 1. The summed E-state index contributed by atoms with van der Waals surface area (Å²) in [5.74, 6) is 0.384. The van der Waals surface area contributed by atoms with Crippen molar-refractivity contribution in [3.05, 3.63) is 46.2 Å². The predicted molar refractivity (Wildman–Crippen MR) is 71.8 cm³/mol. The molecule has 2 aromatic rings. The van der Waals surface area contributed by atoms with Crippen LogP contribution in [-0.4, -0.2) is 16.1 Å². The van der Waals surface area contributed by atoms with Gasteiger partial charge in [-0.15, -0.1) is 0 Å². The van der Waals surface area contributed by atoms with E-state index in [0.717, 1.165) is 12.2 Å². The molecule has 1 heterocycles. The molecular formula is C12H12Cl2FN3. The Morgan fingerprint density at radius 2 is 2.00 bits per heavy atom. The second kappa shape index (κ2) is 5.59. The quantitative estimate of drug-likeness (QED) is 0.872. The van der Waals surface area contributed by atoms with Crippen molar-refractivity contribution in [3.63, 3.8) is 0 Å². The van der Waals surface area contributed by atoms with E-state index in [1.165, 1.54) is 12.1 Å². The molecule has 0 radical (unpaired) electrons. The third kappa shape index (κ3) is 2.94. The lowest BCUT2D eigenvalue weighted by atomic mass is 10.3. The number of aromatic nitrogens is 2. The first-order chi connectivity index (χ1) is 8.58. The van der Waals surface area contributed by atoms with E-state index in [-0.39, 0.29) is 10.0 Å². The minimum atomic E-state index is -0.590. The van der Waals surface area contributed by atoms with Crippen molar-refractivity contribution >= 4 is 28.9 Å². The monoisotopic (exact) mass is 287 g/mol. The van der Waals surface area contributed by atoms with E-state index >= 15 is 0 Å². The zero-order valence-corrected chi connectivity index (χ0v) is 11.3. The van der Waals surface area contributed by atoms with Gasteiger partial charge in [-0.1, -0.05) is 23.2 Å². The summed E-state index contributed by atoms with van der Waals surface area (Å²) in [6, 6.07) is 3.03. The van der Waals surface area contributed by atoms with Crippen molar-refractivity contribution in [3.8, 4) is 0 Å². The topological polar surface area (TPSA) is 29.9 Å². The van der Waals surface area contributed by atoms with Crippen LogP contribution in [0.2, 0.25) is 10.0 Å². The van der Waals surface area contributed by atoms with E-state index in [2.05, 4.69) is 10.3 Å². The Morgan fingerprint density at radius 3 is 2.56 bits per heavy atom.